The molecular formula is C15H18N2O2. The Kier molecular flexibility index (Phi) is 3.42. The van der Waals surface area contributed by atoms with E-state index < -0.39 is 0 Å². The van der Waals surface area contributed by atoms with Crippen LogP contribution in [-0.2, 0) is 9.63 Å². The summed E-state index contributed by atoms with van der Waals surface area (Å²) in [6.07, 6.45) is 1.84. The van der Waals surface area contributed by atoms with Crippen molar-refractivity contribution in [2.45, 2.75) is 26.3 Å². The highest BCUT2D eigenvalue weighted by Gasteiger charge is 2.45. The maximum absolute atomic E-state index is 12.2. The first-order chi connectivity index (χ1) is 8.95. The van der Waals surface area contributed by atoms with E-state index in [9.17, 15) is 4.79 Å². The highest BCUT2D eigenvalue weighted by atomic mass is 16.6. The van der Waals surface area contributed by atoms with Gasteiger partial charge in [0.1, 0.15) is 7.11 Å². The van der Waals surface area contributed by atoms with Crippen LogP contribution in [0.15, 0.2) is 41.1 Å². The number of oxime groups is 1. The predicted molar refractivity (Wildman–Crippen MR) is 75.5 cm³/mol. The van der Waals surface area contributed by atoms with Crippen molar-refractivity contribution < 1.29 is 9.63 Å². The first-order valence-corrected chi connectivity index (χ1v) is 6.18. The zero-order valence-electron chi connectivity index (χ0n) is 11.7. The van der Waals surface area contributed by atoms with Crippen molar-refractivity contribution in [3.8, 4) is 0 Å². The molecule has 0 radical (unpaired) electrons. The van der Waals surface area contributed by atoms with E-state index in [4.69, 9.17) is 4.84 Å². The van der Waals surface area contributed by atoms with E-state index >= 15 is 0 Å². The second-order valence-corrected chi connectivity index (χ2v) is 5.38. The largest absolute Gasteiger partial charge is 0.397 e. The summed E-state index contributed by atoms with van der Waals surface area (Å²) in [5.74, 6) is 0.566. The molecule has 1 heterocycles. The summed E-state index contributed by atoms with van der Waals surface area (Å²) < 4.78 is 0. The number of carbonyl (C=O) groups excluding carboxylic acids is 1. The lowest BCUT2D eigenvalue weighted by molar-refractivity contribution is -0.129. The molecule has 1 saturated heterocycles. The summed E-state index contributed by atoms with van der Waals surface area (Å²) in [6, 6.07) is 9.71. The van der Waals surface area contributed by atoms with Crippen LogP contribution in [0.5, 0.6) is 0 Å². The summed E-state index contributed by atoms with van der Waals surface area (Å²) in [5.41, 5.74) is 1.26. The third-order valence-electron chi connectivity index (χ3n) is 2.85. The topological polar surface area (TPSA) is 41.9 Å². The molecule has 0 N–H and O–H groups in total. The monoisotopic (exact) mass is 258 g/mol. The molecule has 0 spiro atoms. The second-order valence-electron chi connectivity index (χ2n) is 5.38. The second kappa shape index (κ2) is 4.88. The van der Waals surface area contributed by atoms with Crippen LogP contribution in [0.3, 0.4) is 0 Å². The molecule has 1 aliphatic rings. The molecule has 1 amide bonds. The number of benzene rings is 1. The first-order valence-electron chi connectivity index (χ1n) is 6.18. The molecule has 1 aromatic rings. The Labute approximate surface area is 113 Å². The molecule has 1 aliphatic heterocycles. The van der Waals surface area contributed by atoms with Crippen molar-refractivity contribution in [3.63, 3.8) is 0 Å². The van der Waals surface area contributed by atoms with Crippen LogP contribution >= 0.6 is 0 Å². The highest BCUT2D eigenvalue weighted by molar-refractivity contribution is 6.38. The maximum Gasteiger partial charge on any atom is 0.263 e. The average molecular weight is 258 g/mol. The van der Waals surface area contributed by atoms with Gasteiger partial charge < -0.3 is 4.84 Å². The van der Waals surface area contributed by atoms with E-state index in [1.165, 1.54) is 7.11 Å². The van der Waals surface area contributed by atoms with Gasteiger partial charge in [0, 0.05) is 5.54 Å². The van der Waals surface area contributed by atoms with Gasteiger partial charge >= 0.3 is 0 Å². The average Bonchev–Trinajstić information content (AvgIpc) is 2.35. The Morgan fingerprint density at radius 2 is 1.84 bits per heavy atom. The van der Waals surface area contributed by atoms with Crippen LogP contribution in [0.4, 0.5) is 0 Å². The third kappa shape index (κ3) is 2.52. The zero-order chi connectivity index (χ0) is 14.0. The standard InChI is InChI=1S/C15H18N2O2/c1-15(2,3)17-13(16-19-4)12(14(17)18)10-11-8-6-5-7-9-11/h5-10H,1-4H3/b12-10+,16-13?. The molecule has 0 aromatic heterocycles. The minimum Gasteiger partial charge on any atom is -0.397 e. The summed E-state index contributed by atoms with van der Waals surface area (Å²) >= 11 is 0. The number of amides is 1. The number of β-lactam (4-membered cyclic amide) rings is 1. The number of rotatable bonds is 2. The normalized spacial score (nSPS) is 19.8. The molecule has 0 saturated carbocycles. The fourth-order valence-electron chi connectivity index (χ4n) is 2.02. The Morgan fingerprint density at radius 1 is 1.21 bits per heavy atom. The minimum atomic E-state index is -0.303. The smallest absolute Gasteiger partial charge is 0.263 e. The van der Waals surface area contributed by atoms with Crippen LogP contribution in [-0.4, -0.2) is 29.3 Å². The molecule has 0 aliphatic carbocycles. The number of hydrogen-bond acceptors (Lipinski definition) is 3. The summed E-state index contributed by atoms with van der Waals surface area (Å²) in [4.78, 5) is 18.7. The number of hydrogen-bond donors (Lipinski definition) is 0. The van der Waals surface area contributed by atoms with Crippen LogP contribution < -0.4 is 0 Å². The van der Waals surface area contributed by atoms with Crippen LogP contribution in [0, 0.1) is 0 Å². The van der Waals surface area contributed by atoms with Crippen LogP contribution in [0.25, 0.3) is 6.08 Å². The molecule has 0 atom stereocenters. The van der Waals surface area contributed by atoms with Crippen molar-refractivity contribution in [2.75, 3.05) is 7.11 Å². The number of carbonyl (C=O) groups is 1. The summed E-state index contributed by atoms with van der Waals surface area (Å²) in [7, 11) is 1.48. The highest BCUT2D eigenvalue weighted by Crippen LogP contribution is 2.30. The van der Waals surface area contributed by atoms with Crippen molar-refractivity contribution in [3.05, 3.63) is 41.5 Å². The van der Waals surface area contributed by atoms with Gasteiger partial charge in [-0.15, -0.1) is 0 Å². The van der Waals surface area contributed by atoms with Gasteiger partial charge in [0.05, 0.1) is 5.57 Å². The van der Waals surface area contributed by atoms with E-state index in [-0.39, 0.29) is 11.4 Å². The molecule has 1 fully saturated rings. The lowest BCUT2D eigenvalue weighted by Crippen LogP contribution is -2.60. The number of amidine groups is 1. The molecule has 0 bridgehead atoms. The summed E-state index contributed by atoms with van der Waals surface area (Å²) in [6.45, 7) is 5.90. The van der Waals surface area contributed by atoms with Gasteiger partial charge in [0.15, 0.2) is 5.84 Å². The van der Waals surface area contributed by atoms with Gasteiger partial charge in [-0.2, -0.15) is 0 Å². The molecule has 2 rings (SSSR count). The van der Waals surface area contributed by atoms with E-state index in [0.29, 0.717) is 11.4 Å². The number of likely N-dealkylation sites (tertiary alicyclic amines) is 1. The van der Waals surface area contributed by atoms with Gasteiger partial charge in [0.25, 0.3) is 5.91 Å². The van der Waals surface area contributed by atoms with E-state index in [0.717, 1.165) is 5.56 Å². The molecule has 1 aromatic carbocycles. The lowest BCUT2D eigenvalue weighted by atomic mass is 9.93. The lowest BCUT2D eigenvalue weighted by Gasteiger charge is -2.43. The van der Waals surface area contributed by atoms with Gasteiger partial charge in [-0.1, -0.05) is 35.5 Å². The quantitative estimate of drug-likeness (QED) is 0.465. The third-order valence-corrected chi connectivity index (χ3v) is 2.85. The molecule has 100 valence electrons. The molecular weight excluding hydrogens is 240 g/mol. The van der Waals surface area contributed by atoms with Gasteiger partial charge in [0.2, 0.25) is 0 Å². The Bertz CT molecular complexity index is 539. The molecule has 4 nitrogen and oxygen atoms in total. The maximum atomic E-state index is 12.2. The molecule has 4 heteroatoms. The molecule has 0 unspecified atom stereocenters. The van der Waals surface area contributed by atoms with E-state index in [1.807, 2.05) is 57.2 Å². The molecule has 19 heavy (non-hydrogen) atoms. The van der Waals surface area contributed by atoms with Crippen molar-refractivity contribution in [1.82, 2.24) is 4.90 Å². The van der Waals surface area contributed by atoms with E-state index in [1.54, 1.807) is 4.90 Å². The van der Waals surface area contributed by atoms with Gasteiger partial charge in [-0.3, -0.25) is 9.69 Å². The fourth-order valence-corrected chi connectivity index (χ4v) is 2.02. The van der Waals surface area contributed by atoms with Gasteiger partial charge in [-0.25, -0.2) is 0 Å². The first kappa shape index (κ1) is 13.3. The fraction of sp³-hybridized carbons (Fsp3) is 0.333. The Hall–Kier alpha value is -2.10. The number of nitrogens with zero attached hydrogens (tertiary/aromatic N) is 2. The Balaban J connectivity index is 2.36. The summed E-state index contributed by atoms with van der Waals surface area (Å²) in [5, 5.41) is 3.96. The van der Waals surface area contributed by atoms with E-state index in [2.05, 4.69) is 5.16 Å². The van der Waals surface area contributed by atoms with Crippen LogP contribution in [0.2, 0.25) is 0 Å². The SMILES string of the molecule is CON=C1/C(=C\c2ccccc2)C(=O)N1C(C)(C)C. The van der Waals surface area contributed by atoms with Crippen LogP contribution in [0.1, 0.15) is 26.3 Å². The predicted octanol–water partition coefficient (Wildman–Crippen LogP) is 2.67. The van der Waals surface area contributed by atoms with Gasteiger partial charge in [-0.05, 0) is 32.4 Å². The van der Waals surface area contributed by atoms with Crippen molar-refractivity contribution in [1.29, 1.82) is 0 Å². The zero-order valence-corrected chi connectivity index (χ0v) is 11.7. The minimum absolute atomic E-state index is 0.0212. The van der Waals surface area contributed by atoms with Crippen molar-refractivity contribution >= 4 is 17.8 Å². The Morgan fingerprint density at radius 3 is 2.37 bits per heavy atom. The van der Waals surface area contributed by atoms with Crippen molar-refractivity contribution in [2.24, 2.45) is 5.16 Å².